The lowest BCUT2D eigenvalue weighted by molar-refractivity contribution is -0.138. The van der Waals surface area contributed by atoms with E-state index in [0.717, 1.165) is 6.42 Å². The smallest absolute Gasteiger partial charge is 0.409 e. The molecule has 7 heteroatoms. The Labute approximate surface area is 143 Å². The van der Waals surface area contributed by atoms with Gasteiger partial charge in [-0.05, 0) is 46.0 Å². The first-order chi connectivity index (χ1) is 11.4. The molecule has 1 aliphatic carbocycles. The van der Waals surface area contributed by atoms with Crippen LogP contribution >= 0.6 is 0 Å². The average Bonchev–Trinajstić information content (AvgIpc) is 3.37. The van der Waals surface area contributed by atoms with Crippen molar-refractivity contribution in [1.29, 1.82) is 0 Å². The van der Waals surface area contributed by atoms with Crippen LogP contribution < -0.4 is 10.6 Å². The molecule has 2 rings (SSSR count). The molecular weight excluding hydrogens is 310 g/mol. The second-order valence-electron chi connectivity index (χ2n) is 6.80. The minimum absolute atomic E-state index is 0.0112. The Hall–Kier alpha value is -1.79. The lowest BCUT2D eigenvalue weighted by Crippen LogP contribution is -2.51. The van der Waals surface area contributed by atoms with Crippen LogP contribution in [0, 0.1) is 5.41 Å². The maximum absolute atomic E-state index is 12.5. The predicted octanol–water partition coefficient (Wildman–Crippen LogP) is 1.42. The molecule has 1 heterocycles. The number of likely N-dealkylation sites (tertiary alicyclic amines) is 1. The van der Waals surface area contributed by atoms with Crippen LogP contribution in [-0.2, 0) is 14.3 Å². The van der Waals surface area contributed by atoms with Crippen molar-refractivity contribution >= 4 is 17.9 Å². The Morgan fingerprint density at radius 3 is 2.29 bits per heavy atom. The number of piperidine rings is 1. The van der Waals surface area contributed by atoms with Crippen molar-refractivity contribution in [2.45, 2.75) is 65.0 Å². The van der Waals surface area contributed by atoms with Gasteiger partial charge in [0.05, 0.1) is 6.61 Å². The van der Waals surface area contributed by atoms with E-state index in [9.17, 15) is 14.4 Å². The maximum atomic E-state index is 12.5. The van der Waals surface area contributed by atoms with E-state index in [0.29, 0.717) is 45.4 Å². The fourth-order valence-electron chi connectivity index (χ4n) is 2.89. The molecule has 136 valence electrons. The molecule has 1 unspecified atom stereocenters. The molecule has 1 saturated heterocycles. The molecule has 1 atom stereocenters. The molecule has 24 heavy (non-hydrogen) atoms. The highest BCUT2D eigenvalue weighted by atomic mass is 16.6. The van der Waals surface area contributed by atoms with E-state index in [1.165, 1.54) is 0 Å². The van der Waals surface area contributed by atoms with Gasteiger partial charge >= 0.3 is 6.09 Å². The average molecular weight is 339 g/mol. The molecule has 7 nitrogen and oxygen atoms in total. The lowest BCUT2D eigenvalue weighted by atomic mass is 10.0. The number of hydrogen-bond donors (Lipinski definition) is 2. The second kappa shape index (κ2) is 7.85. The summed E-state index contributed by atoms with van der Waals surface area (Å²) >= 11 is 0. The van der Waals surface area contributed by atoms with Crippen LogP contribution in [0.25, 0.3) is 0 Å². The molecule has 0 aromatic carbocycles. The van der Waals surface area contributed by atoms with Gasteiger partial charge in [0.25, 0.3) is 0 Å². The molecule has 0 aromatic heterocycles. The van der Waals surface area contributed by atoms with Crippen molar-refractivity contribution in [2.75, 3.05) is 19.7 Å². The summed E-state index contributed by atoms with van der Waals surface area (Å²) in [6, 6.07) is 0.0904. The molecule has 1 saturated carbocycles. The summed E-state index contributed by atoms with van der Waals surface area (Å²) in [5, 5.41) is 5.92. The predicted molar refractivity (Wildman–Crippen MR) is 89.3 cm³/mol. The van der Waals surface area contributed by atoms with E-state index in [4.69, 9.17) is 4.74 Å². The minimum Gasteiger partial charge on any atom is -0.450 e. The summed E-state index contributed by atoms with van der Waals surface area (Å²) in [6.07, 6.45) is 3.15. The van der Waals surface area contributed by atoms with Crippen molar-refractivity contribution in [3.05, 3.63) is 0 Å². The Balaban J connectivity index is 1.81. The van der Waals surface area contributed by atoms with Gasteiger partial charge in [-0.2, -0.15) is 0 Å². The quantitative estimate of drug-likeness (QED) is 0.717. The van der Waals surface area contributed by atoms with E-state index in [2.05, 4.69) is 10.6 Å². The summed E-state index contributed by atoms with van der Waals surface area (Å²) in [4.78, 5) is 38.2. The third-order valence-corrected chi connectivity index (χ3v) is 4.97. The second-order valence-corrected chi connectivity index (χ2v) is 6.80. The van der Waals surface area contributed by atoms with Crippen molar-refractivity contribution in [3.63, 3.8) is 0 Å². The highest BCUT2D eigenvalue weighted by Gasteiger charge is 2.56. The Kier molecular flexibility index (Phi) is 6.07. The van der Waals surface area contributed by atoms with E-state index in [1.807, 2.05) is 13.8 Å². The van der Waals surface area contributed by atoms with Crippen LogP contribution in [0.2, 0.25) is 0 Å². The number of amides is 3. The normalized spacial score (nSPS) is 20.9. The van der Waals surface area contributed by atoms with Crippen LogP contribution in [0.5, 0.6) is 0 Å². The van der Waals surface area contributed by atoms with Gasteiger partial charge in [-0.25, -0.2) is 4.79 Å². The summed E-state index contributed by atoms with van der Waals surface area (Å²) in [5.74, 6) is -0.323. The van der Waals surface area contributed by atoms with Gasteiger partial charge in [0.15, 0.2) is 0 Å². The number of ether oxygens (including phenoxy) is 1. The van der Waals surface area contributed by atoms with Gasteiger partial charge in [0.1, 0.15) is 5.41 Å². The summed E-state index contributed by atoms with van der Waals surface area (Å²) < 4.78 is 4.99. The fraction of sp³-hybridized carbons (Fsp3) is 0.824. The molecule has 0 aromatic rings. The van der Waals surface area contributed by atoms with Gasteiger partial charge in [0, 0.05) is 25.2 Å². The lowest BCUT2D eigenvalue weighted by Gasteiger charge is -2.32. The fourth-order valence-corrected chi connectivity index (χ4v) is 2.89. The monoisotopic (exact) mass is 339 g/mol. The van der Waals surface area contributed by atoms with Gasteiger partial charge < -0.3 is 20.3 Å². The first kappa shape index (κ1) is 18.5. The zero-order valence-electron chi connectivity index (χ0n) is 14.9. The number of carbonyl (C=O) groups is 3. The van der Waals surface area contributed by atoms with Crippen LogP contribution in [0.4, 0.5) is 4.79 Å². The van der Waals surface area contributed by atoms with Crippen molar-refractivity contribution in [2.24, 2.45) is 5.41 Å². The molecule has 0 spiro atoms. The third kappa shape index (κ3) is 4.19. The number of rotatable bonds is 6. The number of nitrogens with one attached hydrogen (secondary N) is 2. The van der Waals surface area contributed by atoms with E-state index >= 15 is 0 Å². The van der Waals surface area contributed by atoms with Crippen LogP contribution in [-0.4, -0.2) is 54.6 Å². The Bertz CT molecular complexity index is 482. The maximum Gasteiger partial charge on any atom is 0.409 e. The van der Waals surface area contributed by atoms with Crippen LogP contribution in [0.1, 0.15) is 52.9 Å². The standard InChI is InChI=1S/C17H29N3O4/c1-4-12(3)18-14(21)17(8-9-17)15(22)19-13-6-10-20(11-7-13)16(23)24-5-2/h12-13H,4-11H2,1-3H3,(H,18,21)(H,19,22). The molecule has 2 N–H and O–H groups in total. The van der Waals surface area contributed by atoms with Gasteiger partial charge in [-0.1, -0.05) is 6.92 Å². The highest BCUT2D eigenvalue weighted by molar-refractivity contribution is 6.08. The largest absolute Gasteiger partial charge is 0.450 e. The van der Waals surface area contributed by atoms with Crippen molar-refractivity contribution < 1.29 is 19.1 Å². The van der Waals surface area contributed by atoms with E-state index < -0.39 is 5.41 Å². The van der Waals surface area contributed by atoms with Gasteiger partial charge in [0.2, 0.25) is 11.8 Å². The molecule has 1 aliphatic heterocycles. The highest BCUT2D eigenvalue weighted by Crippen LogP contribution is 2.46. The number of hydrogen-bond acceptors (Lipinski definition) is 4. The molecule has 2 fully saturated rings. The van der Waals surface area contributed by atoms with Crippen molar-refractivity contribution in [3.8, 4) is 0 Å². The van der Waals surface area contributed by atoms with Crippen LogP contribution in [0.3, 0.4) is 0 Å². The number of nitrogens with zero attached hydrogens (tertiary/aromatic N) is 1. The summed E-state index contributed by atoms with van der Waals surface area (Å²) in [6.45, 7) is 7.22. The minimum atomic E-state index is -0.873. The molecular formula is C17H29N3O4. The van der Waals surface area contributed by atoms with Gasteiger partial charge in [-0.15, -0.1) is 0 Å². The molecule has 0 bridgehead atoms. The third-order valence-electron chi connectivity index (χ3n) is 4.97. The first-order valence-corrected chi connectivity index (χ1v) is 8.96. The summed E-state index contributed by atoms with van der Waals surface area (Å²) in [5.41, 5.74) is -0.873. The molecule has 0 radical (unpaired) electrons. The van der Waals surface area contributed by atoms with Crippen molar-refractivity contribution in [1.82, 2.24) is 15.5 Å². The molecule has 2 aliphatic rings. The topological polar surface area (TPSA) is 87.7 Å². The SMILES string of the molecule is CCOC(=O)N1CCC(NC(=O)C2(C(=O)NC(C)CC)CC2)CC1. The Morgan fingerprint density at radius 1 is 1.17 bits per heavy atom. The first-order valence-electron chi connectivity index (χ1n) is 8.96. The zero-order valence-corrected chi connectivity index (χ0v) is 14.9. The number of carbonyl (C=O) groups excluding carboxylic acids is 3. The zero-order chi connectivity index (χ0) is 17.7. The van der Waals surface area contributed by atoms with Crippen LogP contribution in [0.15, 0.2) is 0 Å². The Morgan fingerprint density at radius 2 is 1.79 bits per heavy atom. The molecule has 3 amide bonds. The van der Waals surface area contributed by atoms with Gasteiger partial charge in [-0.3, -0.25) is 9.59 Å². The van der Waals surface area contributed by atoms with E-state index in [-0.39, 0.29) is 30.0 Å². The van der Waals surface area contributed by atoms with E-state index in [1.54, 1.807) is 11.8 Å². The summed E-state index contributed by atoms with van der Waals surface area (Å²) in [7, 11) is 0.